The first-order chi connectivity index (χ1) is 15.5. The van der Waals surface area contributed by atoms with E-state index in [1.165, 1.54) is 23.7 Å². The van der Waals surface area contributed by atoms with Gasteiger partial charge in [0.2, 0.25) is 5.91 Å². The van der Waals surface area contributed by atoms with E-state index in [1.807, 2.05) is 60.7 Å². The number of fused-ring (bicyclic) bond motifs is 1. The number of hydrogen-bond donors (Lipinski definition) is 2. The second kappa shape index (κ2) is 9.46. The molecule has 0 aliphatic carbocycles. The molecule has 0 spiro atoms. The summed E-state index contributed by atoms with van der Waals surface area (Å²) in [6.45, 7) is -0.135. The van der Waals surface area contributed by atoms with Crippen molar-refractivity contribution in [3.05, 3.63) is 83.1 Å². The second-order valence-corrected chi connectivity index (χ2v) is 8.43. The Morgan fingerprint density at radius 3 is 2.28 bits per heavy atom. The van der Waals surface area contributed by atoms with Crippen LogP contribution in [0.2, 0.25) is 0 Å². The molecule has 2 aromatic rings. The molecule has 0 aromatic heterocycles. The fourth-order valence-electron chi connectivity index (χ4n) is 3.65. The molecule has 8 nitrogen and oxygen atoms in total. The third-order valence-electron chi connectivity index (χ3n) is 5.29. The molecule has 166 valence electrons. The normalized spacial score (nSPS) is 19.8. The number of alkyl carbamates (subject to hydrolysis) is 1. The molecule has 0 unspecified atom stereocenters. The monoisotopic (exact) mass is 453 g/mol. The number of rotatable bonds is 6. The number of ether oxygens (including phenoxy) is 2. The van der Waals surface area contributed by atoms with Crippen molar-refractivity contribution >= 4 is 29.7 Å². The molecule has 2 atom stereocenters. The molecule has 1 fully saturated rings. The van der Waals surface area contributed by atoms with Crippen LogP contribution >= 0.6 is 11.8 Å². The van der Waals surface area contributed by atoms with Crippen LogP contribution in [0.3, 0.4) is 0 Å². The number of carbonyl (C=O) groups excluding carboxylic acids is 3. The zero-order valence-electron chi connectivity index (χ0n) is 17.4. The van der Waals surface area contributed by atoms with Crippen LogP contribution in [-0.4, -0.2) is 53.7 Å². The summed E-state index contributed by atoms with van der Waals surface area (Å²) in [5, 5.41) is 2.02. The Labute approximate surface area is 189 Å². The quantitative estimate of drug-likeness (QED) is 0.509. The zero-order valence-corrected chi connectivity index (χ0v) is 18.2. The fraction of sp³-hybridized carbons (Fsp3) is 0.261. The van der Waals surface area contributed by atoms with Crippen molar-refractivity contribution in [3.8, 4) is 0 Å². The first-order valence-corrected chi connectivity index (χ1v) is 11.1. The van der Waals surface area contributed by atoms with Gasteiger partial charge in [-0.2, -0.15) is 0 Å². The highest BCUT2D eigenvalue weighted by Gasteiger charge is 2.52. The highest BCUT2D eigenvalue weighted by molar-refractivity contribution is 8.00. The highest BCUT2D eigenvalue weighted by Crippen LogP contribution is 2.40. The maximum atomic E-state index is 13.4. The number of β-lactam (4-membered cyclic amide) rings is 1. The van der Waals surface area contributed by atoms with Crippen molar-refractivity contribution in [1.82, 2.24) is 10.2 Å². The van der Waals surface area contributed by atoms with E-state index in [4.69, 9.17) is 15.2 Å². The van der Waals surface area contributed by atoms with Gasteiger partial charge < -0.3 is 20.5 Å². The molecular formula is C23H23N3O5S. The van der Waals surface area contributed by atoms with Crippen molar-refractivity contribution < 1.29 is 23.9 Å². The van der Waals surface area contributed by atoms with Gasteiger partial charge in [-0.05, 0) is 11.1 Å². The highest BCUT2D eigenvalue weighted by atomic mass is 32.2. The van der Waals surface area contributed by atoms with Crippen molar-refractivity contribution in [1.29, 1.82) is 0 Å². The minimum absolute atomic E-state index is 0.0983. The van der Waals surface area contributed by atoms with Gasteiger partial charge >= 0.3 is 12.1 Å². The van der Waals surface area contributed by atoms with Gasteiger partial charge in [-0.25, -0.2) is 9.59 Å². The summed E-state index contributed by atoms with van der Waals surface area (Å²) in [6.07, 6.45) is -1.30. The Kier molecular flexibility index (Phi) is 6.48. The second-order valence-electron chi connectivity index (χ2n) is 7.32. The van der Waals surface area contributed by atoms with Gasteiger partial charge in [0.1, 0.15) is 23.7 Å². The molecule has 3 N–H and O–H groups in total. The molecule has 0 bridgehead atoms. The minimum atomic E-state index is -0.678. The van der Waals surface area contributed by atoms with Crippen molar-refractivity contribution in [2.24, 2.45) is 5.73 Å². The molecule has 2 amide bonds. The van der Waals surface area contributed by atoms with Crippen LogP contribution in [-0.2, 0) is 19.1 Å². The van der Waals surface area contributed by atoms with Gasteiger partial charge in [0.05, 0.1) is 0 Å². The van der Waals surface area contributed by atoms with E-state index in [0.717, 1.165) is 11.1 Å². The van der Waals surface area contributed by atoms with E-state index >= 15 is 0 Å². The molecule has 2 aliphatic heterocycles. The number of nitrogens with two attached hydrogens (primary N) is 1. The van der Waals surface area contributed by atoms with Crippen LogP contribution in [0, 0.1) is 0 Å². The average Bonchev–Trinajstić information content (AvgIpc) is 2.85. The van der Waals surface area contributed by atoms with Crippen LogP contribution < -0.4 is 11.1 Å². The number of hydrogen-bond acceptors (Lipinski definition) is 7. The Morgan fingerprint density at radius 1 is 1.12 bits per heavy atom. The van der Waals surface area contributed by atoms with E-state index < -0.39 is 24.2 Å². The van der Waals surface area contributed by atoms with E-state index in [1.54, 1.807) is 0 Å². The molecule has 9 heteroatoms. The number of esters is 1. The largest absolute Gasteiger partial charge is 0.448 e. The molecular weight excluding hydrogens is 430 g/mol. The number of nitrogens with one attached hydrogen (secondary N) is 1. The topological polar surface area (TPSA) is 111 Å². The van der Waals surface area contributed by atoms with Gasteiger partial charge in [-0.15, -0.1) is 11.8 Å². The van der Waals surface area contributed by atoms with Crippen molar-refractivity contribution in [2.45, 2.75) is 17.5 Å². The molecule has 2 aromatic carbocycles. The number of thioether (sulfide) groups is 1. The van der Waals surface area contributed by atoms with E-state index in [9.17, 15) is 14.4 Å². The lowest BCUT2D eigenvalue weighted by atomic mass is 10.0. The summed E-state index contributed by atoms with van der Waals surface area (Å²) >= 11 is 1.43. The Morgan fingerprint density at radius 2 is 1.72 bits per heavy atom. The molecule has 1 saturated heterocycles. The summed E-state index contributed by atoms with van der Waals surface area (Å²) in [5.74, 6) is -0.628. The molecule has 2 heterocycles. The third kappa shape index (κ3) is 4.21. The lowest BCUT2D eigenvalue weighted by Gasteiger charge is -2.48. The Balaban J connectivity index is 1.67. The van der Waals surface area contributed by atoms with Crippen LogP contribution in [0.4, 0.5) is 4.79 Å². The predicted molar refractivity (Wildman–Crippen MR) is 119 cm³/mol. The standard InChI is InChI=1S/C23H23N3O5S/c1-25-23(29)30-12-16-13-32-21-17(24)20(27)26(21)18(16)22(28)31-19(14-8-4-2-5-9-14)15-10-6-3-7-11-15/h2-11,17,19,21H,12-13,24H2,1H3,(H,25,29)/t17-,21+/m1/s1. The molecule has 4 rings (SSSR count). The predicted octanol–water partition coefficient (Wildman–Crippen LogP) is 2.17. The number of benzene rings is 2. The van der Waals surface area contributed by atoms with E-state index in [0.29, 0.717) is 11.3 Å². The van der Waals surface area contributed by atoms with Gasteiger partial charge in [-0.1, -0.05) is 60.7 Å². The number of amides is 2. The maximum Gasteiger partial charge on any atom is 0.407 e. The summed E-state index contributed by atoms with van der Waals surface area (Å²) in [4.78, 5) is 38.9. The van der Waals surface area contributed by atoms with E-state index in [2.05, 4.69) is 5.32 Å². The zero-order chi connectivity index (χ0) is 22.7. The number of nitrogens with zero attached hydrogens (tertiary/aromatic N) is 1. The average molecular weight is 454 g/mol. The lowest BCUT2D eigenvalue weighted by molar-refractivity contribution is -0.153. The lowest BCUT2D eigenvalue weighted by Crippen LogP contribution is -2.68. The maximum absolute atomic E-state index is 13.4. The molecule has 32 heavy (non-hydrogen) atoms. The van der Waals surface area contributed by atoms with Crippen molar-refractivity contribution in [2.75, 3.05) is 19.4 Å². The van der Waals surface area contributed by atoms with Crippen LogP contribution in [0.25, 0.3) is 0 Å². The summed E-state index contributed by atoms with van der Waals surface area (Å²) in [5.41, 5.74) is 8.12. The minimum Gasteiger partial charge on any atom is -0.448 e. The van der Waals surface area contributed by atoms with E-state index in [-0.39, 0.29) is 23.6 Å². The van der Waals surface area contributed by atoms with Crippen LogP contribution in [0.15, 0.2) is 71.9 Å². The smallest absolute Gasteiger partial charge is 0.407 e. The molecule has 2 aliphatic rings. The van der Waals surface area contributed by atoms with Gasteiger partial charge in [0, 0.05) is 18.4 Å². The number of carbonyl (C=O) groups is 3. The Hall–Kier alpha value is -3.30. The van der Waals surface area contributed by atoms with Crippen molar-refractivity contribution in [3.63, 3.8) is 0 Å². The third-order valence-corrected chi connectivity index (χ3v) is 6.65. The SMILES string of the molecule is CNC(=O)OCC1=C(C(=O)OC(c2ccccc2)c2ccccc2)N2C(=O)[C@@H](N)[C@@H]2SC1. The molecule has 0 saturated carbocycles. The molecule has 0 radical (unpaired) electrons. The Bertz CT molecular complexity index is 1000. The fourth-order valence-corrected chi connectivity index (χ4v) is 4.93. The summed E-state index contributed by atoms with van der Waals surface area (Å²) in [6, 6.07) is 18.1. The van der Waals surface area contributed by atoms with Gasteiger partial charge in [0.15, 0.2) is 6.10 Å². The summed E-state index contributed by atoms with van der Waals surface area (Å²) in [7, 11) is 1.44. The summed E-state index contributed by atoms with van der Waals surface area (Å²) < 4.78 is 11.1. The van der Waals surface area contributed by atoms with Gasteiger partial charge in [0.25, 0.3) is 0 Å². The van der Waals surface area contributed by atoms with Crippen LogP contribution in [0.1, 0.15) is 17.2 Å². The van der Waals surface area contributed by atoms with Crippen LogP contribution in [0.5, 0.6) is 0 Å². The van der Waals surface area contributed by atoms with Gasteiger partial charge in [-0.3, -0.25) is 9.69 Å². The first kappa shape index (κ1) is 21.9. The first-order valence-electron chi connectivity index (χ1n) is 10.1.